The van der Waals surface area contributed by atoms with Crippen LogP contribution < -0.4 is 10.7 Å². The Balaban J connectivity index is 1.37. The molecule has 3 fully saturated rings. The molecule has 1 aliphatic carbocycles. The fourth-order valence-electron chi connectivity index (χ4n) is 4.55. The maximum atomic E-state index is 12.8. The molecule has 2 saturated heterocycles. The molecule has 0 bridgehead atoms. The van der Waals surface area contributed by atoms with Gasteiger partial charge in [0.25, 0.3) is 5.91 Å². The lowest BCUT2D eigenvalue weighted by atomic mass is 9.81. The monoisotopic (exact) mass is 412 g/mol. The molecular formula is C21H24N4O5. The first-order valence-electron chi connectivity index (χ1n) is 10.2. The summed E-state index contributed by atoms with van der Waals surface area (Å²) in [4.78, 5) is 63.7. The normalized spacial score (nSPS) is 28.6. The number of fused-ring (bicyclic) bond motifs is 1. The number of likely N-dealkylation sites (tertiary alicyclic amines) is 1. The van der Waals surface area contributed by atoms with Crippen LogP contribution >= 0.6 is 0 Å². The number of carbonyl (C=O) groups excluding carboxylic acids is 5. The molecule has 1 aromatic carbocycles. The number of nitrogens with zero attached hydrogens (tertiary/aromatic N) is 2. The van der Waals surface area contributed by atoms with Gasteiger partial charge in [-0.05, 0) is 25.3 Å². The topological polar surface area (TPSA) is 116 Å². The smallest absolute Gasteiger partial charge is 0.318 e. The Labute approximate surface area is 173 Å². The van der Waals surface area contributed by atoms with E-state index in [0.29, 0.717) is 23.4 Å². The van der Waals surface area contributed by atoms with E-state index >= 15 is 0 Å². The van der Waals surface area contributed by atoms with Crippen LogP contribution in [0.25, 0.3) is 0 Å². The van der Waals surface area contributed by atoms with Gasteiger partial charge in [-0.15, -0.1) is 0 Å². The molecule has 3 atom stereocenters. The van der Waals surface area contributed by atoms with E-state index in [4.69, 9.17) is 0 Å². The lowest BCUT2D eigenvalue weighted by Crippen LogP contribution is -2.48. The van der Waals surface area contributed by atoms with Crippen LogP contribution in [0.4, 0.5) is 4.79 Å². The Morgan fingerprint density at radius 2 is 1.67 bits per heavy atom. The van der Waals surface area contributed by atoms with Gasteiger partial charge in [-0.25, -0.2) is 4.79 Å². The van der Waals surface area contributed by atoms with Crippen molar-refractivity contribution >= 4 is 29.7 Å². The first kappa shape index (κ1) is 20.1. The summed E-state index contributed by atoms with van der Waals surface area (Å²) in [6.45, 7) is 1.51. The zero-order chi connectivity index (χ0) is 21.5. The molecule has 4 rings (SSSR count). The highest BCUT2D eigenvalue weighted by Crippen LogP contribution is 2.38. The molecule has 2 aliphatic heterocycles. The van der Waals surface area contributed by atoms with Crippen molar-refractivity contribution in [3.8, 4) is 0 Å². The van der Waals surface area contributed by atoms with Gasteiger partial charge in [0.15, 0.2) is 0 Å². The van der Waals surface area contributed by atoms with Gasteiger partial charge in [0, 0.05) is 13.0 Å². The van der Waals surface area contributed by atoms with Gasteiger partial charge in [-0.1, -0.05) is 43.2 Å². The summed E-state index contributed by atoms with van der Waals surface area (Å²) >= 11 is 0. The second kappa shape index (κ2) is 7.55. The molecule has 2 heterocycles. The van der Waals surface area contributed by atoms with Crippen LogP contribution in [0.5, 0.6) is 0 Å². The molecular weight excluding hydrogens is 388 g/mol. The highest BCUT2D eigenvalue weighted by atomic mass is 16.2. The Morgan fingerprint density at radius 1 is 1.07 bits per heavy atom. The van der Waals surface area contributed by atoms with E-state index in [-0.39, 0.29) is 36.6 Å². The summed E-state index contributed by atoms with van der Waals surface area (Å²) in [7, 11) is 0. The van der Waals surface area contributed by atoms with Gasteiger partial charge >= 0.3 is 6.03 Å². The molecule has 9 nitrogen and oxygen atoms in total. The number of hydrazine groups is 1. The maximum Gasteiger partial charge on any atom is 0.344 e. The molecule has 158 valence electrons. The summed E-state index contributed by atoms with van der Waals surface area (Å²) in [6, 6.07) is 8.00. The molecule has 6 amide bonds. The quantitative estimate of drug-likeness (QED) is 0.554. The standard InChI is InChI=1S/C21H24N4O5/c1-21(13-7-3-2-4-8-13)19(29)25(20(30)22-21)23-16(26)11-12-24-17(27)14-9-5-6-10-15(14)18(24)28/h2-4,7-8,14-15H,5-6,9-12H2,1H3,(H,22,30)(H,23,26)/t14-,15-,21-/m0/s1. The van der Waals surface area contributed by atoms with E-state index in [1.807, 2.05) is 0 Å². The Morgan fingerprint density at radius 3 is 2.27 bits per heavy atom. The minimum Gasteiger partial charge on any atom is -0.318 e. The van der Waals surface area contributed by atoms with Crippen LogP contribution in [-0.4, -0.2) is 46.1 Å². The number of carbonyl (C=O) groups is 5. The minimum atomic E-state index is -1.29. The molecule has 1 saturated carbocycles. The van der Waals surface area contributed by atoms with Crippen LogP contribution in [0, 0.1) is 11.8 Å². The van der Waals surface area contributed by atoms with Crippen molar-refractivity contribution < 1.29 is 24.0 Å². The van der Waals surface area contributed by atoms with Crippen molar-refractivity contribution in [2.45, 2.75) is 44.6 Å². The molecule has 2 N–H and O–H groups in total. The third-order valence-electron chi connectivity index (χ3n) is 6.27. The largest absolute Gasteiger partial charge is 0.344 e. The fraction of sp³-hybridized carbons (Fsp3) is 0.476. The fourth-order valence-corrected chi connectivity index (χ4v) is 4.55. The van der Waals surface area contributed by atoms with Gasteiger partial charge in [-0.2, -0.15) is 5.01 Å². The first-order chi connectivity index (χ1) is 14.3. The predicted molar refractivity (Wildman–Crippen MR) is 104 cm³/mol. The number of hydrogen-bond acceptors (Lipinski definition) is 5. The maximum absolute atomic E-state index is 12.8. The van der Waals surface area contributed by atoms with Crippen molar-refractivity contribution in [1.29, 1.82) is 0 Å². The van der Waals surface area contributed by atoms with Gasteiger partial charge in [0.1, 0.15) is 5.54 Å². The van der Waals surface area contributed by atoms with E-state index in [0.717, 1.165) is 17.7 Å². The van der Waals surface area contributed by atoms with Gasteiger partial charge in [-0.3, -0.25) is 29.5 Å². The molecule has 0 spiro atoms. The van der Waals surface area contributed by atoms with Gasteiger partial charge in [0.2, 0.25) is 17.7 Å². The lowest BCUT2D eigenvalue weighted by Gasteiger charge is -2.22. The van der Waals surface area contributed by atoms with Crippen molar-refractivity contribution in [1.82, 2.24) is 20.7 Å². The average Bonchev–Trinajstić information content (AvgIpc) is 3.12. The number of imide groups is 2. The average molecular weight is 412 g/mol. The van der Waals surface area contributed by atoms with Gasteiger partial charge < -0.3 is 5.32 Å². The van der Waals surface area contributed by atoms with E-state index in [1.54, 1.807) is 37.3 Å². The summed E-state index contributed by atoms with van der Waals surface area (Å²) < 4.78 is 0. The molecule has 0 radical (unpaired) electrons. The third kappa shape index (κ3) is 3.24. The van der Waals surface area contributed by atoms with Crippen molar-refractivity contribution in [2.75, 3.05) is 6.54 Å². The lowest BCUT2D eigenvalue weighted by molar-refractivity contribution is -0.142. The van der Waals surface area contributed by atoms with Crippen molar-refractivity contribution in [2.24, 2.45) is 11.8 Å². The van der Waals surface area contributed by atoms with Crippen LogP contribution in [-0.2, 0) is 24.7 Å². The predicted octanol–water partition coefficient (Wildman–Crippen LogP) is 1.05. The number of rotatable bonds is 5. The highest BCUT2D eigenvalue weighted by Gasteiger charge is 2.50. The molecule has 3 aliphatic rings. The number of urea groups is 1. The summed E-state index contributed by atoms with van der Waals surface area (Å²) in [6.07, 6.45) is 3.09. The number of hydrogen-bond donors (Lipinski definition) is 2. The van der Waals surface area contributed by atoms with Gasteiger partial charge in [0.05, 0.1) is 11.8 Å². The number of benzene rings is 1. The molecule has 0 unspecified atom stereocenters. The number of nitrogens with one attached hydrogen (secondary N) is 2. The van der Waals surface area contributed by atoms with E-state index in [2.05, 4.69) is 10.7 Å². The van der Waals surface area contributed by atoms with Crippen molar-refractivity contribution in [3.63, 3.8) is 0 Å². The molecule has 1 aromatic rings. The number of amides is 6. The first-order valence-corrected chi connectivity index (χ1v) is 10.2. The minimum absolute atomic E-state index is 0.0594. The Hall–Kier alpha value is -3.23. The summed E-state index contributed by atoms with van der Waals surface area (Å²) in [5, 5.41) is 3.26. The molecule has 9 heteroatoms. The van der Waals surface area contributed by atoms with Crippen LogP contribution in [0.3, 0.4) is 0 Å². The Bertz CT molecular complexity index is 893. The third-order valence-corrected chi connectivity index (χ3v) is 6.27. The van der Waals surface area contributed by atoms with Crippen LogP contribution in [0.2, 0.25) is 0 Å². The van der Waals surface area contributed by atoms with Crippen molar-refractivity contribution in [3.05, 3.63) is 35.9 Å². The second-order valence-corrected chi connectivity index (χ2v) is 8.17. The van der Waals surface area contributed by atoms with E-state index in [9.17, 15) is 24.0 Å². The summed E-state index contributed by atoms with van der Waals surface area (Å²) in [5.41, 5.74) is 1.61. The SMILES string of the molecule is C[C@@]1(c2ccccc2)NC(=O)N(NC(=O)CCN2C(=O)[C@H]3CCCC[C@@H]3C2=O)C1=O. The summed E-state index contributed by atoms with van der Waals surface area (Å²) in [5.74, 6) is -2.20. The zero-order valence-corrected chi connectivity index (χ0v) is 16.7. The molecule has 0 aromatic heterocycles. The highest BCUT2D eigenvalue weighted by molar-refractivity contribution is 6.08. The van der Waals surface area contributed by atoms with E-state index in [1.165, 1.54) is 0 Å². The zero-order valence-electron chi connectivity index (χ0n) is 16.7. The Kier molecular flexibility index (Phi) is 5.05. The molecule has 30 heavy (non-hydrogen) atoms. The van der Waals surface area contributed by atoms with E-state index < -0.39 is 23.4 Å². The van der Waals surface area contributed by atoms with Crippen LogP contribution in [0.15, 0.2) is 30.3 Å². The van der Waals surface area contributed by atoms with Crippen LogP contribution in [0.1, 0.15) is 44.6 Å². The second-order valence-electron chi connectivity index (χ2n) is 8.17.